The monoisotopic (exact) mass is 473 g/mol. The highest BCUT2D eigenvalue weighted by Gasteiger charge is 2.13. The quantitative estimate of drug-likeness (QED) is 0.368. The number of aryl methyl sites for hydroxylation is 3. The lowest BCUT2D eigenvalue weighted by molar-refractivity contribution is 0.609. The van der Waals surface area contributed by atoms with E-state index in [2.05, 4.69) is 53.5 Å². The molecule has 2 rings (SSSR count). The standard InChI is InChI=1S/C18H31N7.HI/c1-7-19-18(20-8-9-25-12-13(2)11-21-25)22-14(3)10-17-15(4)23-24(6)16(17)5;/h11-12,14H,7-10H2,1-6H3,(H2,19,20,22);1H. The van der Waals surface area contributed by atoms with Crippen molar-refractivity contribution >= 4 is 29.9 Å². The van der Waals surface area contributed by atoms with Gasteiger partial charge in [0.05, 0.1) is 25.0 Å². The Morgan fingerprint density at radius 3 is 2.58 bits per heavy atom. The van der Waals surface area contributed by atoms with Crippen molar-refractivity contribution in [3.63, 3.8) is 0 Å². The number of guanidine groups is 1. The molecule has 26 heavy (non-hydrogen) atoms. The summed E-state index contributed by atoms with van der Waals surface area (Å²) in [6, 6.07) is 0.270. The van der Waals surface area contributed by atoms with Crippen molar-refractivity contribution in [2.75, 3.05) is 13.1 Å². The van der Waals surface area contributed by atoms with Crippen LogP contribution in [0.25, 0.3) is 0 Å². The summed E-state index contributed by atoms with van der Waals surface area (Å²) in [5.74, 6) is 0.845. The first-order valence-electron chi connectivity index (χ1n) is 8.93. The summed E-state index contributed by atoms with van der Waals surface area (Å²) in [4.78, 5) is 4.66. The van der Waals surface area contributed by atoms with Gasteiger partial charge in [0.1, 0.15) is 0 Å². The molecule has 8 heteroatoms. The van der Waals surface area contributed by atoms with Crippen LogP contribution in [-0.4, -0.2) is 44.7 Å². The lowest BCUT2D eigenvalue weighted by Crippen LogP contribution is -2.43. The number of nitrogens with zero attached hydrogens (tertiary/aromatic N) is 5. The highest BCUT2D eigenvalue weighted by molar-refractivity contribution is 14.0. The van der Waals surface area contributed by atoms with Crippen LogP contribution in [0.3, 0.4) is 0 Å². The molecule has 2 N–H and O–H groups in total. The molecular weight excluding hydrogens is 441 g/mol. The van der Waals surface area contributed by atoms with Crippen LogP contribution in [0, 0.1) is 20.8 Å². The molecule has 0 amide bonds. The summed E-state index contributed by atoms with van der Waals surface area (Å²) < 4.78 is 3.87. The maximum Gasteiger partial charge on any atom is 0.191 e. The van der Waals surface area contributed by atoms with Crippen molar-refractivity contribution in [2.24, 2.45) is 12.0 Å². The molecular formula is C18H32IN7. The first-order chi connectivity index (χ1) is 11.9. The van der Waals surface area contributed by atoms with Crippen LogP contribution in [0.1, 0.15) is 36.4 Å². The molecule has 0 aliphatic rings. The zero-order chi connectivity index (χ0) is 18.4. The molecule has 0 fully saturated rings. The Labute approximate surface area is 173 Å². The Bertz CT molecular complexity index is 717. The van der Waals surface area contributed by atoms with Crippen LogP contribution >= 0.6 is 24.0 Å². The molecule has 0 saturated carbocycles. The Balaban J connectivity index is 0.00000338. The third-order valence-corrected chi connectivity index (χ3v) is 4.26. The molecule has 2 aromatic rings. The first-order valence-corrected chi connectivity index (χ1v) is 8.93. The van der Waals surface area contributed by atoms with E-state index in [4.69, 9.17) is 0 Å². The Morgan fingerprint density at radius 1 is 1.31 bits per heavy atom. The summed E-state index contributed by atoms with van der Waals surface area (Å²) in [7, 11) is 1.99. The van der Waals surface area contributed by atoms with E-state index in [-0.39, 0.29) is 30.0 Å². The van der Waals surface area contributed by atoms with Gasteiger partial charge in [-0.25, -0.2) is 0 Å². The maximum atomic E-state index is 4.66. The zero-order valence-corrected chi connectivity index (χ0v) is 19.0. The highest BCUT2D eigenvalue weighted by Crippen LogP contribution is 2.14. The maximum absolute atomic E-state index is 4.66. The molecule has 1 unspecified atom stereocenters. The number of nitrogens with one attached hydrogen (secondary N) is 2. The van der Waals surface area contributed by atoms with Gasteiger partial charge in [-0.2, -0.15) is 10.2 Å². The summed E-state index contributed by atoms with van der Waals surface area (Å²) in [5.41, 5.74) is 4.81. The van der Waals surface area contributed by atoms with Crippen molar-refractivity contribution in [3.8, 4) is 0 Å². The third-order valence-electron chi connectivity index (χ3n) is 4.26. The molecule has 7 nitrogen and oxygen atoms in total. The van der Waals surface area contributed by atoms with Crippen LogP contribution in [0.15, 0.2) is 17.4 Å². The predicted molar refractivity (Wildman–Crippen MR) is 117 cm³/mol. The zero-order valence-electron chi connectivity index (χ0n) is 16.7. The molecule has 0 saturated heterocycles. The average Bonchev–Trinajstić information content (AvgIpc) is 3.06. The van der Waals surface area contributed by atoms with Crippen molar-refractivity contribution in [1.29, 1.82) is 0 Å². The topological polar surface area (TPSA) is 72.1 Å². The Morgan fingerprint density at radius 2 is 2.04 bits per heavy atom. The minimum absolute atomic E-state index is 0. The van der Waals surface area contributed by atoms with E-state index in [0.29, 0.717) is 6.54 Å². The van der Waals surface area contributed by atoms with Crippen LogP contribution in [-0.2, 0) is 20.0 Å². The molecule has 0 aromatic carbocycles. The van der Waals surface area contributed by atoms with E-state index in [1.165, 1.54) is 16.8 Å². The minimum atomic E-state index is 0. The molecule has 2 aromatic heterocycles. The molecule has 2 heterocycles. The van der Waals surface area contributed by atoms with Crippen molar-refractivity contribution in [1.82, 2.24) is 30.2 Å². The van der Waals surface area contributed by atoms with Crippen LogP contribution in [0.2, 0.25) is 0 Å². The lowest BCUT2D eigenvalue weighted by Gasteiger charge is -2.18. The van der Waals surface area contributed by atoms with Gasteiger partial charge in [-0.3, -0.25) is 14.4 Å². The summed E-state index contributed by atoms with van der Waals surface area (Å²) in [6.45, 7) is 12.8. The second-order valence-corrected chi connectivity index (χ2v) is 6.56. The van der Waals surface area contributed by atoms with E-state index in [1.807, 2.05) is 35.7 Å². The second-order valence-electron chi connectivity index (χ2n) is 6.56. The largest absolute Gasteiger partial charge is 0.357 e. The molecule has 0 spiro atoms. The fraction of sp³-hybridized carbons (Fsp3) is 0.611. The normalized spacial score (nSPS) is 12.6. The van der Waals surface area contributed by atoms with E-state index < -0.39 is 0 Å². The lowest BCUT2D eigenvalue weighted by atomic mass is 10.1. The average molecular weight is 473 g/mol. The molecule has 0 aliphatic carbocycles. The van der Waals surface area contributed by atoms with Crippen LogP contribution < -0.4 is 10.6 Å². The van der Waals surface area contributed by atoms with Crippen molar-refractivity contribution in [3.05, 3.63) is 34.9 Å². The van der Waals surface area contributed by atoms with Gasteiger partial charge in [0.15, 0.2) is 5.96 Å². The van der Waals surface area contributed by atoms with Gasteiger partial charge in [-0.05, 0) is 52.2 Å². The molecule has 0 bridgehead atoms. The fourth-order valence-corrected chi connectivity index (χ4v) is 2.88. The number of halogens is 1. The summed E-state index contributed by atoms with van der Waals surface area (Å²) in [6.07, 6.45) is 4.83. The van der Waals surface area contributed by atoms with E-state index in [0.717, 1.165) is 31.2 Å². The first kappa shape index (κ1) is 22.5. The van der Waals surface area contributed by atoms with Gasteiger partial charge in [0, 0.05) is 31.5 Å². The Kier molecular flexibility index (Phi) is 9.11. The predicted octanol–water partition coefficient (Wildman–Crippen LogP) is 2.35. The van der Waals surface area contributed by atoms with Gasteiger partial charge in [-0.15, -0.1) is 24.0 Å². The van der Waals surface area contributed by atoms with Crippen molar-refractivity contribution < 1.29 is 0 Å². The SMILES string of the molecule is CCNC(=NCCn1cc(C)cn1)NC(C)Cc1c(C)nn(C)c1C.I. The number of rotatable bonds is 7. The van der Waals surface area contributed by atoms with Crippen LogP contribution in [0.4, 0.5) is 0 Å². The Hall–Kier alpha value is -1.58. The summed E-state index contributed by atoms with van der Waals surface area (Å²) in [5, 5.41) is 15.6. The molecule has 0 aliphatic heterocycles. The second kappa shape index (κ2) is 10.5. The van der Waals surface area contributed by atoms with E-state index in [9.17, 15) is 0 Å². The number of aliphatic imine (C=N–C) groups is 1. The minimum Gasteiger partial charge on any atom is -0.357 e. The highest BCUT2D eigenvalue weighted by atomic mass is 127. The van der Waals surface area contributed by atoms with Gasteiger partial charge in [0.2, 0.25) is 0 Å². The van der Waals surface area contributed by atoms with E-state index >= 15 is 0 Å². The molecule has 146 valence electrons. The van der Waals surface area contributed by atoms with Gasteiger partial charge in [0.25, 0.3) is 0 Å². The number of hydrogen-bond donors (Lipinski definition) is 2. The smallest absolute Gasteiger partial charge is 0.191 e. The van der Waals surface area contributed by atoms with Crippen molar-refractivity contribution in [2.45, 2.75) is 53.6 Å². The third kappa shape index (κ3) is 6.30. The van der Waals surface area contributed by atoms with Gasteiger partial charge in [-0.1, -0.05) is 0 Å². The van der Waals surface area contributed by atoms with Crippen LogP contribution in [0.5, 0.6) is 0 Å². The number of aromatic nitrogens is 4. The van der Waals surface area contributed by atoms with E-state index in [1.54, 1.807) is 0 Å². The fourth-order valence-electron chi connectivity index (χ4n) is 2.88. The van der Waals surface area contributed by atoms with Gasteiger partial charge < -0.3 is 10.6 Å². The summed E-state index contributed by atoms with van der Waals surface area (Å²) >= 11 is 0. The number of hydrogen-bond acceptors (Lipinski definition) is 3. The van der Waals surface area contributed by atoms with Gasteiger partial charge >= 0.3 is 0 Å². The molecule has 0 radical (unpaired) electrons. The molecule has 1 atom stereocenters.